The Hall–Kier alpha value is -2.02. The van der Waals surface area contributed by atoms with Crippen molar-refractivity contribution in [3.05, 3.63) is 59.4 Å². The molecule has 22 heavy (non-hydrogen) atoms. The van der Waals surface area contributed by atoms with Crippen LogP contribution in [-0.2, 0) is 16.4 Å². The molecule has 0 N–H and O–H groups in total. The van der Waals surface area contributed by atoms with Crippen LogP contribution in [0.5, 0.6) is 0 Å². The van der Waals surface area contributed by atoms with Crippen LogP contribution in [0.3, 0.4) is 0 Å². The molecule has 0 atom stereocenters. The average molecular weight is 327 g/mol. The summed E-state index contributed by atoms with van der Waals surface area (Å²) in [6, 6.07) is 7.02. The summed E-state index contributed by atoms with van der Waals surface area (Å²) in [5.74, 6) is -3.11. The zero-order valence-corrected chi connectivity index (χ0v) is 12.2. The Balaban J connectivity index is 2.21. The lowest BCUT2D eigenvalue weighted by Gasteiger charge is -2.30. The van der Waals surface area contributed by atoms with Crippen LogP contribution < -0.4 is 4.31 Å². The average Bonchev–Trinajstić information content (AvgIpc) is 2.46. The molecule has 0 fully saturated rings. The summed E-state index contributed by atoms with van der Waals surface area (Å²) in [5.41, 5.74) is 0.378. The Morgan fingerprint density at radius 3 is 2.18 bits per heavy atom. The molecule has 3 nitrogen and oxygen atoms in total. The molecule has 2 aromatic carbocycles. The molecule has 0 aromatic heterocycles. The van der Waals surface area contributed by atoms with Crippen LogP contribution in [0, 0.1) is 17.5 Å². The van der Waals surface area contributed by atoms with Gasteiger partial charge >= 0.3 is 0 Å². The van der Waals surface area contributed by atoms with Gasteiger partial charge in [0.2, 0.25) is 0 Å². The molecule has 7 heteroatoms. The molecule has 1 heterocycles. The number of fused-ring (bicyclic) bond motifs is 1. The Labute approximate surface area is 126 Å². The lowest BCUT2D eigenvalue weighted by molar-refractivity contribution is 0.515. The van der Waals surface area contributed by atoms with Crippen LogP contribution in [-0.4, -0.2) is 15.0 Å². The monoisotopic (exact) mass is 327 g/mol. The third-order valence-corrected chi connectivity index (χ3v) is 5.45. The molecule has 1 aliphatic rings. The second kappa shape index (κ2) is 5.31. The van der Waals surface area contributed by atoms with Gasteiger partial charge in [-0.1, -0.05) is 18.2 Å². The van der Waals surface area contributed by atoms with Gasteiger partial charge in [0.15, 0.2) is 4.90 Å². The number of aryl methyl sites for hydroxylation is 1. The number of rotatable bonds is 2. The normalized spacial score (nSPS) is 14.8. The topological polar surface area (TPSA) is 37.4 Å². The predicted molar refractivity (Wildman–Crippen MR) is 75.6 cm³/mol. The van der Waals surface area contributed by atoms with Crippen molar-refractivity contribution in [3.63, 3.8) is 0 Å². The summed E-state index contributed by atoms with van der Waals surface area (Å²) in [5, 5.41) is 0. The van der Waals surface area contributed by atoms with Crippen molar-refractivity contribution in [3.8, 4) is 0 Å². The van der Waals surface area contributed by atoms with Crippen LogP contribution in [0.2, 0.25) is 0 Å². The number of halogens is 3. The quantitative estimate of drug-likeness (QED) is 0.849. The first kappa shape index (κ1) is 14.9. The van der Waals surface area contributed by atoms with Crippen LogP contribution >= 0.6 is 0 Å². The number of sulfonamides is 1. The highest BCUT2D eigenvalue weighted by Gasteiger charge is 2.35. The first-order chi connectivity index (χ1) is 10.4. The molecule has 116 valence electrons. The molecular formula is C15H12F3NO2S. The van der Waals surface area contributed by atoms with Gasteiger partial charge in [0.05, 0.1) is 5.69 Å². The van der Waals surface area contributed by atoms with Crippen molar-refractivity contribution < 1.29 is 21.6 Å². The SMILES string of the molecule is O=S(=O)(c1c(F)cccc1F)N1CCCc2cccc(F)c21. The van der Waals surface area contributed by atoms with Crippen molar-refractivity contribution in [2.75, 3.05) is 10.8 Å². The minimum atomic E-state index is -4.52. The van der Waals surface area contributed by atoms with Crippen molar-refractivity contribution in [2.45, 2.75) is 17.7 Å². The molecule has 0 aliphatic carbocycles. The molecule has 0 radical (unpaired) electrons. The second-order valence-electron chi connectivity index (χ2n) is 4.98. The van der Waals surface area contributed by atoms with Gasteiger partial charge in [-0.25, -0.2) is 21.6 Å². The number of anilines is 1. The molecule has 0 saturated carbocycles. The summed E-state index contributed by atoms with van der Waals surface area (Å²) in [7, 11) is -4.52. The number of benzene rings is 2. The fraction of sp³-hybridized carbons (Fsp3) is 0.200. The molecular weight excluding hydrogens is 315 g/mol. The van der Waals surface area contributed by atoms with E-state index < -0.39 is 32.4 Å². The van der Waals surface area contributed by atoms with Gasteiger partial charge in [0, 0.05) is 6.54 Å². The summed E-state index contributed by atoms with van der Waals surface area (Å²) < 4.78 is 67.7. The van der Waals surface area contributed by atoms with E-state index in [1.807, 2.05) is 0 Å². The highest BCUT2D eigenvalue weighted by atomic mass is 32.2. The van der Waals surface area contributed by atoms with Crippen LogP contribution in [0.4, 0.5) is 18.9 Å². The minimum Gasteiger partial charge on any atom is -0.263 e. The lowest BCUT2D eigenvalue weighted by atomic mass is 10.0. The Kier molecular flexibility index (Phi) is 3.60. The maximum atomic E-state index is 14.1. The summed E-state index contributed by atoms with van der Waals surface area (Å²) in [6.45, 7) is -0.0238. The van der Waals surface area contributed by atoms with Gasteiger partial charge in [-0.15, -0.1) is 0 Å². The third-order valence-electron chi connectivity index (χ3n) is 3.59. The van der Waals surface area contributed by atoms with Crippen LogP contribution in [0.15, 0.2) is 41.3 Å². The van der Waals surface area contributed by atoms with E-state index in [-0.39, 0.29) is 12.2 Å². The van der Waals surface area contributed by atoms with Crippen molar-refractivity contribution in [2.24, 2.45) is 0 Å². The van der Waals surface area contributed by atoms with Crippen LogP contribution in [0.1, 0.15) is 12.0 Å². The van der Waals surface area contributed by atoms with Gasteiger partial charge in [-0.3, -0.25) is 4.31 Å². The van der Waals surface area contributed by atoms with Gasteiger partial charge in [-0.2, -0.15) is 0 Å². The van der Waals surface area contributed by atoms with E-state index in [0.717, 1.165) is 28.6 Å². The fourth-order valence-corrected chi connectivity index (χ4v) is 4.31. The van der Waals surface area contributed by atoms with Gasteiger partial charge in [-0.05, 0) is 36.6 Å². The highest BCUT2D eigenvalue weighted by Crippen LogP contribution is 2.35. The molecule has 0 bridgehead atoms. The zero-order chi connectivity index (χ0) is 15.9. The Bertz CT molecular complexity index is 816. The first-order valence-electron chi connectivity index (χ1n) is 6.67. The largest absolute Gasteiger partial charge is 0.270 e. The smallest absolute Gasteiger partial charge is 0.263 e. The standard InChI is InChI=1S/C15H12F3NO2S/c16-11-6-1-4-10-5-3-9-19(14(10)11)22(20,21)15-12(17)7-2-8-13(15)18/h1-2,4,6-8H,3,5,9H2. The zero-order valence-electron chi connectivity index (χ0n) is 11.4. The highest BCUT2D eigenvalue weighted by molar-refractivity contribution is 7.92. The van der Waals surface area contributed by atoms with Crippen LogP contribution in [0.25, 0.3) is 0 Å². The number of nitrogens with zero attached hydrogens (tertiary/aromatic N) is 1. The van der Waals surface area contributed by atoms with Gasteiger partial charge in [0.25, 0.3) is 10.0 Å². The van der Waals surface area contributed by atoms with E-state index in [1.54, 1.807) is 6.07 Å². The predicted octanol–water partition coefficient (Wildman–Crippen LogP) is 3.25. The van der Waals surface area contributed by atoms with Crippen molar-refractivity contribution in [1.29, 1.82) is 0 Å². The van der Waals surface area contributed by atoms with Gasteiger partial charge < -0.3 is 0 Å². The maximum Gasteiger partial charge on any atom is 0.270 e. The molecule has 0 spiro atoms. The molecule has 1 aliphatic heterocycles. The number of para-hydroxylation sites is 1. The van der Waals surface area contributed by atoms with E-state index in [9.17, 15) is 21.6 Å². The first-order valence-corrected chi connectivity index (χ1v) is 8.11. The van der Waals surface area contributed by atoms with E-state index in [0.29, 0.717) is 18.4 Å². The molecule has 2 aromatic rings. The van der Waals surface area contributed by atoms with E-state index in [4.69, 9.17) is 0 Å². The maximum absolute atomic E-state index is 14.1. The van der Waals surface area contributed by atoms with E-state index in [2.05, 4.69) is 0 Å². The fourth-order valence-electron chi connectivity index (χ4n) is 2.65. The number of hydrogen-bond donors (Lipinski definition) is 0. The summed E-state index contributed by atoms with van der Waals surface area (Å²) in [6.07, 6.45) is 0.963. The van der Waals surface area contributed by atoms with Crippen molar-refractivity contribution >= 4 is 15.7 Å². The van der Waals surface area contributed by atoms with Gasteiger partial charge in [0.1, 0.15) is 17.5 Å². The third kappa shape index (κ3) is 2.25. The lowest BCUT2D eigenvalue weighted by Crippen LogP contribution is -2.37. The van der Waals surface area contributed by atoms with E-state index >= 15 is 0 Å². The molecule has 0 amide bonds. The molecule has 0 saturated heterocycles. The van der Waals surface area contributed by atoms with E-state index in [1.165, 1.54) is 6.07 Å². The molecule has 0 unspecified atom stereocenters. The summed E-state index contributed by atoms with van der Waals surface area (Å²) in [4.78, 5) is -1.05. The molecule has 3 rings (SSSR count). The number of hydrogen-bond acceptors (Lipinski definition) is 2. The minimum absolute atomic E-state index is 0.0238. The summed E-state index contributed by atoms with van der Waals surface area (Å²) >= 11 is 0. The Morgan fingerprint density at radius 1 is 0.909 bits per heavy atom. The Morgan fingerprint density at radius 2 is 1.50 bits per heavy atom. The van der Waals surface area contributed by atoms with Crippen molar-refractivity contribution in [1.82, 2.24) is 0 Å². The second-order valence-corrected chi connectivity index (χ2v) is 6.78.